The van der Waals surface area contributed by atoms with Crippen molar-refractivity contribution in [1.82, 2.24) is 15.2 Å². The van der Waals surface area contributed by atoms with Gasteiger partial charge in [0.2, 0.25) is 0 Å². The Labute approximate surface area is 126 Å². The van der Waals surface area contributed by atoms with E-state index >= 15 is 0 Å². The van der Waals surface area contributed by atoms with Crippen LogP contribution >= 0.6 is 0 Å². The van der Waals surface area contributed by atoms with Gasteiger partial charge in [0.25, 0.3) is 5.91 Å². The molecule has 1 aromatic rings. The number of piperidine rings is 1. The number of rotatable bonds is 4. The van der Waals surface area contributed by atoms with Crippen molar-refractivity contribution in [2.24, 2.45) is 0 Å². The largest absolute Gasteiger partial charge is 0.379 e. The first kappa shape index (κ1) is 14.6. The number of hydrogen-bond acceptors (Lipinski definition) is 3. The molecule has 2 heterocycles. The van der Waals surface area contributed by atoms with Gasteiger partial charge in [0.15, 0.2) is 0 Å². The highest BCUT2D eigenvalue weighted by Crippen LogP contribution is 2.24. The molecular weight excluding hydrogens is 266 g/mol. The van der Waals surface area contributed by atoms with E-state index in [-0.39, 0.29) is 18.1 Å². The fraction of sp³-hybridized carbons (Fsp3) is 0.688. The molecule has 116 valence electrons. The predicted octanol–water partition coefficient (Wildman–Crippen LogP) is 1.71. The highest BCUT2D eigenvalue weighted by Gasteiger charge is 2.29. The first-order valence-corrected chi connectivity index (χ1v) is 8.01. The van der Waals surface area contributed by atoms with E-state index in [1.807, 2.05) is 18.3 Å². The highest BCUT2D eigenvalue weighted by molar-refractivity contribution is 5.93. The summed E-state index contributed by atoms with van der Waals surface area (Å²) in [5.74, 6) is 0.0347. The minimum Gasteiger partial charge on any atom is -0.379 e. The SMILES string of the molecule is COC1CCCC1NC(=O)c1cccn1C1CCNCC1. The number of hydrogen-bond donors (Lipinski definition) is 2. The normalized spacial score (nSPS) is 26.9. The van der Waals surface area contributed by atoms with Crippen molar-refractivity contribution < 1.29 is 9.53 Å². The van der Waals surface area contributed by atoms with E-state index in [0.717, 1.165) is 50.9 Å². The molecule has 2 fully saturated rings. The van der Waals surface area contributed by atoms with Crippen LogP contribution in [0.25, 0.3) is 0 Å². The molecule has 2 unspecified atom stereocenters. The van der Waals surface area contributed by atoms with Gasteiger partial charge in [0.05, 0.1) is 12.1 Å². The van der Waals surface area contributed by atoms with Gasteiger partial charge in [-0.15, -0.1) is 0 Å². The van der Waals surface area contributed by atoms with Crippen LogP contribution in [0.5, 0.6) is 0 Å². The molecule has 5 nitrogen and oxygen atoms in total. The van der Waals surface area contributed by atoms with Gasteiger partial charge >= 0.3 is 0 Å². The van der Waals surface area contributed by atoms with Gasteiger partial charge < -0.3 is 19.9 Å². The van der Waals surface area contributed by atoms with Gasteiger partial charge in [-0.1, -0.05) is 0 Å². The molecule has 1 saturated heterocycles. The Bertz CT molecular complexity index is 480. The monoisotopic (exact) mass is 291 g/mol. The minimum atomic E-state index is 0.0347. The maximum atomic E-state index is 12.6. The first-order chi connectivity index (χ1) is 10.3. The molecule has 0 aromatic carbocycles. The summed E-state index contributed by atoms with van der Waals surface area (Å²) < 4.78 is 7.60. The summed E-state index contributed by atoms with van der Waals surface area (Å²) in [6.45, 7) is 2.05. The molecule has 2 aliphatic rings. The summed E-state index contributed by atoms with van der Waals surface area (Å²) in [6, 6.07) is 4.48. The number of amides is 1. The van der Waals surface area contributed by atoms with Gasteiger partial charge in [0.1, 0.15) is 5.69 Å². The number of ether oxygens (including phenoxy) is 1. The average Bonchev–Trinajstić information content (AvgIpc) is 3.16. The molecule has 1 aliphatic carbocycles. The molecule has 0 spiro atoms. The van der Waals surface area contributed by atoms with Gasteiger partial charge in [-0.25, -0.2) is 0 Å². The topological polar surface area (TPSA) is 55.3 Å². The van der Waals surface area contributed by atoms with Crippen LogP contribution in [-0.4, -0.2) is 42.8 Å². The molecule has 0 radical (unpaired) electrons. The number of nitrogens with one attached hydrogen (secondary N) is 2. The summed E-state index contributed by atoms with van der Waals surface area (Å²) in [6.07, 6.45) is 7.54. The quantitative estimate of drug-likeness (QED) is 0.888. The van der Waals surface area contributed by atoms with E-state index in [0.29, 0.717) is 6.04 Å². The lowest BCUT2D eigenvalue weighted by Crippen LogP contribution is -2.42. The van der Waals surface area contributed by atoms with Gasteiger partial charge in [-0.05, 0) is 57.3 Å². The third-order valence-electron chi connectivity index (χ3n) is 4.79. The molecule has 21 heavy (non-hydrogen) atoms. The highest BCUT2D eigenvalue weighted by atomic mass is 16.5. The number of carbonyl (C=O) groups is 1. The lowest BCUT2D eigenvalue weighted by atomic mass is 10.1. The van der Waals surface area contributed by atoms with Crippen LogP contribution in [0, 0.1) is 0 Å². The van der Waals surface area contributed by atoms with E-state index < -0.39 is 0 Å². The Morgan fingerprint density at radius 1 is 1.33 bits per heavy atom. The molecule has 5 heteroatoms. The van der Waals surface area contributed by atoms with Crippen LogP contribution in [-0.2, 0) is 4.74 Å². The van der Waals surface area contributed by atoms with Crippen LogP contribution in [0.4, 0.5) is 0 Å². The van der Waals surface area contributed by atoms with Crippen molar-refractivity contribution >= 4 is 5.91 Å². The van der Waals surface area contributed by atoms with Crippen LogP contribution in [0.15, 0.2) is 18.3 Å². The summed E-state index contributed by atoms with van der Waals surface area (Å²) >= 11 is 0. The van der Waals surface area contributed by atoms with Crippen LogP contribution in [0.1, 0.15) is 48.6 Å². The molecule has 1 aliphatic heterocycles. The van der Waals surface area contributed by atoms with E-state index in [1.54, 1.807) is 7.11 Å². The Morgan fingerprint density at radius 3 is 2.90 bits per heavy atom. The summed E-state index contributed by atoms with van der Waals surface area (Å²) in [5, 5.41) is 6.53. The van der Waals surface area contributed by atoms with Crippen molar-refractivity contribution in [2.75, 3.05) is 20.2 Å². The first-order valence-electron chi connectivity index (χ1n) is 8.01. The maximum absolute atomic E-state index is 12.6. The third kappa shape index (κ3) is 3.14. The molecule has 1 amide bonds. The van der Waals surface area contributed by atoms with E-state index in [4.69, 9.17) is 4.74 Å². The van der Waals surface area contributed by atoms with Crippen molar-refractivity contribution in [3.63, 3.8) is 0 Å². The van der Waals surface area contributed by atoms with Crippen LogP contribution in [0.2, 0.25) is 0 Å². The molecule has 2 N–H and O–H groups in total. The number of nitrogens with zero attached hydrogens (tertiary/aromatic N) is 1. The zero-order chi connectivity index (χ0) is 14.7. The second kappa shape index (κ2) is 6.62. The Kier molecular flexibility index (Phi) is 4.60. The van der Waals surface area contributed by atoms with Crippen LogP contribution in [0.3, 0.4) is 0 Å². The molecule has 1 aromatic heterocycles. The maximum Gasteiger partial charge on any atom is 0.268 e. The van der Waals surface area contributed by atoms with Crippen LogP contribution < -0.4 is 10.6 Å². The van der Waals surface area contributed by atoms with Gasteiger partial charge in [-0.3, -0.25) is 4.79 Å². The fourth-order valence-electron chi connectivity index (χ4n) is 3.61. The zero-order valence-electron chi connectivity index (χ0n) is 12.7. The van der Waals surface area contributed by atoms with Crippen molar-refractivity contribution in [3.8, 4) is 0 Å². The standard InChI is InChI=1S/C16H25N3O2/c1-21-15-6-2-4-13(15)18-16(20)14-5-3-11-19(14)12-7-9-17-10-8-12/h3,5,11-13,15,17H,2,4,6-10H2,1H3,(H,18,20). The molecule has 1 saturated carbocycles. The average molecular weight is 291 g/mol. The van der Waals surface area contributed by atoms with Gasteiger partial charge in [0, 0.05) is 19.3 Å². The van der Waals surface area contributed by atoms with Crippen molar-refractivity contribution in [3.05, 3.63) is 24.0 Å². The van der Waals surface area contributed by atoms with Crippen molar-refractivity contribution in [2.45, 2.75) is 50.3 Å². The number of methoxy groups -OCH3 is 1. The summed E-state index contributed by atoms with van der Waals surface area (Å²) in [7, 11) is 1.73. The molecular formula is C16H25N3O2. The zero-order valence-corrected chi connectivity index (χ0v) is 12.7. The second-order valence-electron chi connectivity index (χ2n) is 6.07. The molecule has 3 rings (SSSR count). The number of aromatic nitrogens is 1. The summed E-state index contributed by atoms with van der Waals surface area (Å²) in [4.78, 5) is 12.6. The minimum absolute atomic E-state index is 0.0347. The summed E-state index contributed by atoms with van der Waals surface area (Å²) in [5.41, 5.74) is 0.781. The van der Waals surface area contributed by atoms with E-state index in [9.17, 15) is 4.79 Å². The fourth-order valence-corrected chi connectivity index (χ4v) is 3.61. The third-order valence-corrected chi connectivity index (χ3v) is 4.79. The lowest BCUT2D eigenvalue weighted by molar-refractivity contribution is 0.0715. The lowest BCUT2D eigenvalue weighted by Gasteiger charge is -2.26. The Morgan fingerprint density at radius 2 is 2.14 bits per heavy atom. The molecule has 0 bridgehead atoms. The van der Waals surface area contributed by atoms with Gasteiger partial charge in [-0.2, -0.15) is 0 Å². The second-order valence-corrected chi connectivity index (χ2v) is 6.07. The molecule has 2 atom stereocenters. The Balaban J connectivity index is 1.68. The van der Waals surface area contributed by atoms with Crippen molar-refractivity contribution in [1.29, 1.82) is 0 Å². The van der Waals surface area contributed by atoms with E-state index in [2.05, 4.69) is 15.2 Å². The number of carbonyl (C=O) groups excluding carboxylic acids is 1. The Hall–Kier alpha value is -1.33. The van der Waals surface area contributed by atoms with E-state index in [1.165, 1.54) is 0 Å². The predicted molar refractivity (Wildman–Crippen MR) is 81.5 cm³/mol. The smallest absolute Gasteiger partial charge is 0.268 e.